The summed E-state index contributed by atoms with van der Waals surface area (Å²) < 4.78 is 17.2. The molecule has 9 nitrogen and oxygen atoms in total. The van der Waals surface area contributed by atoms with Gasteiger partial charge in [0.25, 0.3) is 0 Å². The van der Waals surface area contributed by atoms with Crippen molar-refractivity contribution in [2.45, 2.75) is 32.5 Å². The van der Waals surface area contributed by atoms with Crippen LogP contribution in [0.3, 0.4) is 0 Å². The molecule has 4 rings (SSSR count). The maximum absolute atomic E-state index is 12.5. The third-order valence-electron chi connectivity index (χ3n) is 5.45. The zero-order valence-electron chi connectivity index (χ0n) is 21.2. The topological polar surface area (TPSA) is 98.7 Å². The number of hydrogen-bond donors (Lipinski definition) is 1. The number of carbonyl (C=O) groups is 1. The van der Waals surface area contributed by atoms with E-state index in [-0.39, 0.29) is 12.2 Å². The first-order valence-electron chi connectivity index (χ1n) is 12.0. The summed E-state index contributed by atoms with van der Waals surface area (Å²) in [6.07, 6.45) is 4.84. The lowest BCUT2D eigenvalue weighted by Gasteiger charge is -2.34. The molecule has 3 heterocycles. The van der Waals surface area contributed by atoms with Crippen molar-refractivity contribution < 1.29 is 19.0 Å². The van der Waals surface area contributed by atoms with Crippen LogP contribution in [0.5, 0.6) is 5.75 Å². The highest BCUT2D eigenvalue weighted by molar-refractivity contribution is 7.98. The highest BCUT2D eigenvalue weighted by atomic mass is 32.2. The molecule has 1 amide bonds. The van der Waals surface area contributed by atoms with Crippen LogP contribution in [0.1, 0.15) is 20.8 Å². The Morgan fingerprint density at radius 2 is 2.00 bits per heavy atom. The molecule has 1 atom stereocenters. The maximum atomic E-state index is 12.5. The van der Waals surface area contributed by atoms with Gasteiger partial charge in [-0.05, 0) is 57.4 Å². The molecule has 1 aliphatic heterocycles. The van der Waals surface area contributed by atoms with E-state index in [1.54, 1.807) is 29.1 Å². The fraction of sp³-hybridized carbons (Fsp3) is 0.462. The Balaban J connectivity index is 1.48. The Hall–Kier alpha value is -3.11. The highest BCUT2D eigenvalue weighted by Gasteiger charge is 2.28. The minimum absolute atomic E-state index is 0.207. The van der Waals surface area contributed by atoms with Crippen LogP contribution >= 0.6 is 11.8 Å². The van der Waals surface area contributed by atoms with Crippen LogP contribution in [0.4, 0.5) is 10.6 Å². The third kappa shape index (κ3) is 6.98. The molecule has 1 unspecified atom stereocenters. The number of rotatable bonds is 8. The summed E-state index contributed by atoms with van der Waals surface area (Å²) in [7, 11) is 0. The molecule has 1 aromatic carbocycles. The minimum Gasteiger partial charge on any atom is -0.493 e. The van der Waals surface area contributed by atoms with E-state index in [4.69, 9.17) is 19.2 Å². The van der Waals surface area contributed by atoms with Crippen LogP contribution < -0.4 is 10.1 Å². The van der Waals surface area contributed by atoms with Gasteiger partial charge in [-0.15, -0.1) is 0 Å². The van der Waals surface area contributed by atoms with Gasteiger partial charge in [0.2, 0.25) is 0 Å². The Kier molecular flexibility index (Phi) is 8.48. The van der Waals surface area contributed by atoms with Gasteiger partial charge in [-0.1, -0.05) is 0 Å². The second-order valence-corrected chi connectivity index (χ2v) is 10.4. The second kappa shape index (κ2) is 11.7. The molecular formula is C26H33N5O4S. The Morgan fingerprint density at radius 3 is 2.75 bits per heavy atom. The first-order valence-corrected chi connectivity index (χ1v) is 13.4. The van der Waals surface area contributed by atoms with E-state index in [0.29, 0.717) is 44.2 Å². The molecule has 1 fully saturated rings. The fourth-order valence-electron chi connectivity index (χ4n) is 3.75. The summed E-state index contributed by atoms with van der Waals surface area (Å²) in [5.74, 6) is 2.40. The summed E-state index contributed by atoms with van der Waals surface area (Å²) >= 11 is 1.75. The number of pyridine rings is 1. The summed E-state index contributed by atoms with van der Waals surface area (Å²) in [6.45, 7) is 8.11. The Morgan fingerprint density at radius 1 is 1.22 bits per heavy atom. The number of nitrogens with one attached hydrogen (secondary N) is 1. The molecule has 0 radical (unpaired) electrons. The standard InChI is InChI=1S/C26H33N5O4S/c1-26(2,3)35-25(32)31-11-12-33-20(17-31)16-29-24-23-22(27-9-10-28-23)15-21(30-24)18-5-7-19(8-6-18)34-13-14-36-4/h5-10,15,20H,11-14,16-17H2,1-4H3,(H,29,30). The van der Waals surface area contributed by atoms with E-state index in [0.717, 1.165) is 28.3 Å². The van der Waals surface area contributed by atoms with E-state index in [1.165, 1.54) is 0 Å². The van der Waals surface area contributed by atoms with Gasteiger partial charge in [0.15, 0.2) is 5.82 Å². The zero-order valence-corrected chi connectivity index (χ0v) is 22.0. The molecule has 0 saturated carbocycles. The Labute approximate surface area is 216 Å². The number of amides is 1. The van der Waals surface area contributed by atoms with E-state index in [2.05, 4.69) is 21.5 Å². The van der Waals surface area contributed by atoms with Crippen molar-refractivity contribution >= 4 is 34.7 Å². The molecule has 192 valence electrons. The Bertz CT molecular complexity index is 1170. The van der Waals surface area contributed by atoms with Gasteiger partial charge in [-0.25, -0.2) is 14.8 Å². The molecule has 1 saturated heterocycles. The van der Waals surface area contributed by atoms with E-state index in [9.17, 15) is 4.79 Å². The van der Waals surface area contributed by atoms with Crippen LogP contribution in [-0.2, 0) is 9.47 Å². The lowest BCUT2D eigenvalue weighted by atomic mass is 10.1. The first kappa shape index (κ1) is 26.0. The average molecular weight is 512 g/mol. The monoisotopic (exact) mass is 511 g/mol. The lowest BCUT2D eigenvalue weighted by Crippen LogP contribution is -2.49. The average Bonchev–Trinajstić information content (AvgIpc) is 2.87. The summed E-state index contributed by atoms with van der Waals surface area (Å²) in [6, 6.07) is 9.81. The quantitative estimate of drug-likeness (QED) is 0.439. The number of morpholine rings is 1. The van der Waals surface area contributed by atoms with Gasteiger partial charge in [0.05, 0.1) is 37.1 Å². The van der Waals surface area contributed by atoms with E-state index in [1.807, 2.05) is 51.1 Å². The number of ether oxygens (including phenoxy) is 3. The number of carbonyl (C=O) groups excluding carboxylic acids is 1. The molecule has 0 spiro atoms. The fourth-order valence-corrected chi connectivity index (χ4v) is 4.00. The number of nitrogens with zero attached hydrogens (tertiary/aromatic N) is 4. The van der Waals surface area contributed by atoms with Gasteiger partial charge in [0, 0.05) is 36.8 Å². The van der Waals surface area contributed by atoms with Gasteiger partial charge >= 0.3 is 6.09 Å². The van der Waals surface area contributed by atoms with Crippen molar-refractivity contribution in [3.63, 3.8) is 0 Å². The van der Waals surface area contributed by atoms with Gasteiger partial charge in [0.1, 0.15) is 16.9 Å². The summed E-state index contributed by atoms with van der Waals surface area (Å²) in [5.41, 5.74) is 2.61. The third-order valence-corrected chi connectivity index (χ3v) is 6.03. The number of hydrogen-bond acceptors (Lipinski definition) is 9. The van der Waals surface area contributed by atoms with E-state index >= 15 is 0 Å². The smallest absolute Gasteiger partial charge is 0.410 e. The van der Waals surface area contributed by atoms with Crippen LogP contribution in [0.2, 0.25) is 0 Å². The maximum Gasteiger partial charge on any atom is 0.410 e. The number of aromatic nitrogens is 3. The summed E-state index contributed by atoms with van der Waals surface area (Å²) in [5, 5.41) is 3.38. The largest absolute Gasteiger partial charge is 0.493 e. The van der Waals surface area contributed by atoms with Crippen LogP contribution in [-0.4, -0.2) is 82.5 Å². The number of benzene rings is 1. The van der Waals surface area contributed by atoms with Crippen molar-refractivity contribution in [3.05, 3.63) is 42.7 Å². The van der Waals surface area contributed by atoms with Crippen molar-refractivity contribution in [3.8, 4) is 17.0 Å². The van der Waals surface area contributed by atoms with Gasteiger partial charge < -0.3 is 24.4 Å². The number of anilines is 1. The first-order chi connectivity index (χ1) is 17.3. The van der Waals surface area contributed by atoms with E-state index < -0.39 is 5.60 Å². The molecule has 36 heavy (non-hydrogen) atoms. The predicted octanol–water partition coefficient (Wildman–Crippen LogP) is 4.48. The van der Waals surface area contributed by atoms with Crippen molar-refractivity contribution in [1.29, 1.82) is 0 Å². The van der Waals surface area contributed by atoms with Gasteiger partial charge in [-0.3, -0.25) is 4.98 Å². The molecular weight excluding hydrogens is 478 g/mol. The molecule has 1 N–H and O–H groups in total. The normalized spacial score (nSPS) is 16.1. The molecule has 0 bridgehead atoms. The molecule has 2 aromatic heterocycles. The molecule has 10 heteroatoms. The minimum atomic E-state index is -0.538. The van der Waals surface area contributed by atoms with Crippen LogP contribution in [0.15, 0.2) is 42.7 Å². The number of fused-ring (bicyclic) bond motifs is 1. The molecule has 0 aliphatic carbocycles. The van der Waals surface area contributed by atoms with Crippen molar-refractivity contribution in [2.24, 2.45) is 0 Å². The lowest BCUT2D eigenvalue weighted by molar-refractivity contribution is -0.0371. The zero-order chi connectivity index (χ0) is 25.5. The second-order valence-electron chi connectivity index (χ2n) is 9.45. The predicted molar refractivity (Wildman–Crippen MR) is 143 cm³/mol. The van der Waals surface area contributed by atoms with Crippen LogP contribution in [0.25, 0.3) is 22.3 Å². The van der Waals surface area contributed by atoms with Gasteiger partial charge in [-0.2, -0.15) is 11.8 Å². The summed E-state index contributed by atoms with van der Waals surface area (Å²) in [4.78, 5) is 28.0. The van der Waals surface area contributed by atoms with Crippen LogP contribution in [0, 0.1) is 0 Å². The highest BCUT2D eigenvalue weighted by Crippen LogP contribution is 2.27. The van der Waals surface area contributed by atoms with Crippen molar-refractivity contribution in [1.82, 2.24) is 19.9 Å². The molecule has 3 aromatic rings. The molecule has 1 aliphatic rings. The number of thioether (sulfide) groups is 1. The van der Waals surface area contributed by atoms with Crippen molar-refractivity contribution in [2.75, 3.05) is 50.2 Å². The SMILES string of the molecule is CSCCOc1ccc(-c2cc3nccnc3c(NCC3CN(C(=O)OC(C)(C)C)CCO3)n2)cc1.